The summed E-state index contributed by atoms with van der Waals surface area (Å²) in [5.74, 6) is -0.0257. The average Bonchev–Trinajstić information content (AvgIpc) is 2.90. The highest BCUT2D eigenvalue weighted by Gasteiger charge is 2.20. The Hall–Kier alpha value is -2.92. The Kier molecular flexibility index (Phi) is 5.72. The second-order valence-corrected chi connectivity index (χ2v) is 6.96. The zero-order valence-corrected chi connectivity index (χ0v) is 16.4. The Bertz CT molecular complexity index is 913. The van der Waals surface area contributed by atoms with Crippen molar-refractivity contribution in [2.24, 2.45) is 7.05 Å². The van der Waals surface area contributed by atoms with Gasteiger partial charge in [-0.15, -0.1) is 0 Å². The van der Waals surface area contributed by atoms with Gasteiger partial charge in [0.1, 0.15) is 6.04 Å². The molecule has 1 atom stereocenters. The van der Waals surface area contributed by atoms with E-state index in [0.717, 1.165) is 17.1 Å². The molecule has 1 amide bonds. The first-order chi connectivity index (χ1) is 13.0. The largest absolute Gasteiger partial charge is 0.328 e. The first kappa shape index (κ1) is 18.9. The molecule has 0 saturated carbocycles. The molecule has 3 aromatic rings. The molecule has 1 aromatic heterocycles. The van der Waals surface area contributed by atoms with Crippen LogP contribution in [0, 0.1) is 20.8 Å². The third-order valence-electron chi connectivity index (χ3n) is 4.91. The molecule has 140 valence electrons. The number of hydrogen-bond acceptors (Lipinski definition) is 2. The number of rotatable bonds is 6. The Morgan fingerprint density at radius 2 is 1.67 bits per heavy atom. The monoisotopic (exact) mass is 363 g/mol. The summed E-state index contributed by atoms with van der Waals surface area (Å²) in [6, 6.07) is 18.9. The fourth-order valence-electron chi connectivity index (χ4n) is 3.27. The Labute approximate surface area is 160 Å². The number of carbonyl (C=O) groups is 1. The van der Waals surface area contributed by atoms with Crippen molar-refractivity contribution in [1.29, 1.82) is 0 Å². The van der Waals surface area contributed by atoms with Crippen molar-refractivity contribution >= 4 is 11.6 Å². The van der Waals surface area contributed by atoms with Crippen LogP contribution < -0.4 is 10.6 Å². The van der Waals surface area contributed by atoms with Crippen molar-refractivity contribution in [1.82, 2.24) is 9.78 Å². The summed E-state index contributed by atoms with van der Waals surface area (Å²) in [5.41, 5.74) is 6.20. The molecule has 0 radical (unpaired) electrons. The molecule has 27 heavy (non-hydrogen) atoms. The summed E-state index contributed by atoms with van der Waals surface area (Å²) in [4.78, 5) is 12.6. The average molecular weight is 363 g/mol. The highest BCUT2D eigenvalue weighted by atomic mass is 16.1. The van der Waals surface area contributed by atoms with Gasteiger partial charge in [0.05, 0.1) is 17.1 Å². The minimum Gasteiger partial charge on any atom is -0.328 e. The molecule has 0 aliphatic rings. The van der Waals surface area contributed by atoms with Gasteiger partial charge in [0.15, 0.2) is 6.54 Å². The van der Waals surface area contributed by atoms with Crippen LogP contribution in [0.5, 0.6) is 0 Å². The van der Waals surface area contributed by atoms with Gasteiger partial charge in [-0.3, -0.25) is 9.48 Å². The molecule has 3 N–H and O–H groups in total. The van der Waals surface area contributed by atoms with Crippen molar-refractivity contribution in [2.45, 2.75) is 26.8 Å². The predicted molar refractivity (Wildman–Crippen MR) is 108 cm³/mol. The van der Waals surface area contributed by atoms with E-state index < -0.39 is 0 Å². The quantitative estimate of drug-likeness (QED) is 0.707. The smallest absolute Gasteiger partial charge is 0.279 e. The van der Waals surface area contributed by atoms with Gasteiger partial charge in [-0.25, -0.2) is 0 Å². The number of carbonyl (C=O) groups excluding carboxylic acids is 1. The summed E-state index contributed by atoms with van der Waals surface area (Å²) >= 11 is 0. The number of quaternary nitrogens is 1. The van der Waals surface area contributed by atoms with Crippen molar-refractivity contribution < 1.29 is 10.1 Å². The maximum Gasteiger partial charge on any atom is 0.279 e. The molecular weight excluding hydrogens is 336 g/mol. The highest BCUT2D eigenvalue weighted by molar-refractivity contribution is 5.92. The van der Waals surface area contributed by atoms with E-state index in [4.69, 9.17) is 0 Å². The second kappa shape index (κ2) is 8.18. The summed E-state index contributed by atoms with van der Waals surface area (Å²) in [7, 11) is 1.88. The van der Waals surface area contributed by atoms with Crippen LogP contribution >= 0.6 is 0 Å². The number of nitrogens with one attached hydrogen (secondary N) is 1. The molecule has 5 heteroatoms. The molecule has 5 nitrogen and oxygen atoms in total. The van der Waals surface area contributed by atoms with Crippen LogP contribution in [0.3, 0.4) is 0 Å². The van der Waals surface area contributed by atoms with E-state index in [0.29, 0.717) is 6.54 Å². The third kappa shape index (κ3) is 4.44. The molecule has 3 rings (SSSR count). The lowest BCUT2D eigenvalue weighted by atomic mass is 9.98. The number of aromatic nitrogens is 2. The van der Waals surface area contributed by atoms with E-state index in [9.17, 15) is 4.79 Å². The van der Waals surface area contributed by atoms with Gasteiger partial charge in [-0.05, 0) is 20.8 Å². The van der Waals surface area contributed by atoms with Crippen LogP contribution in [0.4, 0.5) is 5.69 Å². The number of anilines is 1. The minimum atomic E-state index is -0.0257. The topological polar surface area (TPSA) is 63.5 Å². The van der Waals surface area contributed by atoms with Crippen LogP contribution in [-0.4, -0.2) is 22.2 Å². The number of amides is 1. The van der Waals surface area contributed by atoms with Crippen LogP contribution in [-0.2, 0) is 11.8 Å². The van der Waals surface area contributed by atoms with Gasteiger partial charge in [-0.2, -0.15) is 5.10 Å². The molecule has 0 bridgehead atoms. The molecule has 1 heterocycles. The normalized spacial score (nSPS) is 12.0. The lowest BCUT2D eigenvalue weighted by Crippen LogP contribution is -2.87. The minimum absolute atomic E-state index is 0.0257. The van der Waals surface area contributed by atoms with Gasteiger partial charge < -0.3 is 10.6 Å². The first-order valence-electron chi connectivity index (χ1n) is 9.20. The van der Waals surface area contributed by atoms with Gasteiger partial charge in [0.2, 0.25) is 0 Å². The van der Waals surface area contributed by atoms with Crippen LogP contribution in [0.1, 0.15) is 34.1 Å². The number of aryl methyl sites for hydroxylation is 3. The van der Waals surface area contributed by atoms with Crippen molar-refractivity contribution in [3.63, 3.8) is 0 Å². The molecule has 0 spiro atoms. The zero-order chi connectivity index (χ0) is 19.4. The van der Waals surface area contributed by atoms with E-state index in [1.807, 2.05) is 39.1 Å². The number of nitrogens with two attached hydrogens (primary N) is 1. The summed E-state index contributed by atoms with van der Waals surface area (Å²) < 4.78 is 1.79. The lowest BCUT2D eigenvalue weighted by molar-refractivity contribution is -0.676. The second-order valence-electron chi connectivity index (χ2n) is 6.96. The number of benzene rings is 2. The first-order valence-corrected chi connectivity index (χ1v) is 9.20. The molecule has 0 fully saturated rings. The Balaban J connectivity index is 1.74. The zero-order valence-electron chi connectivity index (χ0n) is 16.4. The van der Waals surface area contributed by atoms with Crippen molar-refractivity contribution in [2.75, 3.05) is 11.9 Å². The fraction of sp³-hybridized carbons (Fsp3) is 0.273. The van der Waals surface area contributed by atoms with Gasteiger partial charge in [0, 0.05) is 18.2 Å². The maximum atomic E-state index is 12.6. The summed E-state index contributed by atoms with van der Waals surface area (Å²) in [5, 5.41) is 9.45. The molecule has 0 saturated heterocycles. The number of nitrogens with zero attached hydrogens (tertiary/aromatic N) is 2. The van der Waals surface area contributed by atoms with E-state index in [2.05, 4.69) is 59.1 Å². The van der Waals surface area contributed by atoms with Gasteiger partial charge >= 0.3 is 0 Å². The van der Waals surface area contributed by atoms with E-state index in [1.165, 1.54) is 16.7 Å². The van der Waals surface area contributed by atoms with Crippen LogP contribution in [0.25, 0.3) is 0 Å². The Morgan fingerprint density at radius 1 is 1.04 bits per heavy atom. The van der Waals surface area contributed by atoms with Crippen LogP contribution in [0.2, 0.25) is 0 Å². The van der Waals surface area contributed by atoms with E-state index in [-0.39, 0.29) is 11.9 Å². The molecule has 0 unspecified atom stereocenters. The summed E-state index contributed by atoms with van der Waals surface area (Å²) in [6.07, 6.45) is 0. The van der Waals surface area contributed by atoms with Crippen LogP contribution in [0.15, 0.2) is 54.6 Å². The predicted octanol–water partition coefficient (Wildman–Crippen LogP) is 2.64. The summed E-state index contributed by atoms with van der Waals surface area (Å²) in [6.45, 7) is 6.28. The maximum absolute atomic E-state index is 12.6. The molecular formula is C22H27N4O+. The molecule has 0 aliphatic carbocycles. The third-order valence-corrected chi connectivity index (χ3v) is 4.91. The lowest BCUT2D eigenvalue weighted by Gasteiger charge is -2.17. The van der Waals surface area contributed by atoms with E-state index >= 15 is 0 Å². The van der Waals surface area contributed by atoms with Gasteiger partial charge in [-0.1, -0.05) is 60.2 Å². The van der Waals surface area contributed by atoms with Crippen molar-refractivity contribution in [3.8, 4) is 0 Å². The molecule has 0 aliphatic heterocycles. The molecule has 2 aromatic carbocycles. The van der Waals surface area contributed by atoms with Gasteiger partial charge in [0.25, 0.3) is 5.91 Å². The fourth-order valence-corrected chi connectivity index (χ4v) is 3.27. The number of hydrogen-bond donors (Lipinski definition) is 2. The standard InChI is InChI=1S/C22H26N4O/c1-15-10-12-19(13-11-15)22(18-8-6-5-7-9-18)23-14-20(27)24-21-16(2)25-26(4)17(21)3/h5-13,22-23H,14H2,1-4H3,(H,24,27)/p+1/t22-/m1/s1. The van der Waals surface area contributed by atoms with Crippen molar-refractivity contribution in [3.05, 3.63) is 82.7 Å². The Morgan fingerprint density at radius 3 is 2.26 bits per heavy atom. The van der Waals surface area contributed by atoms with E-state index in [1.54, 1.807) is 4.68 Å². The SMILES string of the molecule is Cc1ccc([C@H]([NH2+]CC(=O)Nc2c(C)nn(C)c2C)c2ccccc2)cc1. The highest BCUT2D eigenvalue weighted by Crippen LogP contribution is 2.19.